The van der Waals surface area contributed by atoms with Gasteiger partial charge in [0.1, 0.15) is 0 Å². The molecule has 0 aliphatic carbocycles. The van der Waals surface area contributed by atoms with Crippen LogP contribution in [-0.4, -0.2) is 37.0 Å². The van der Waals surface area contributed by atoms with Gasteiger partial charge in [-0.25, -0.2) is 0 Å². The molecule has 0 saturated carbocycles. The maximum atomic E-state index is 2.58. The third kappa shape index (κ3) is 2.51. The van der Waals surface area contributed by atoms with E-state index in [-0.39, 0.29) is 0 Å². The first-order valence-electron chi connectivity index (χ1n) is 6.19. The van der Waals surface area contributed by atoms with E-state index < -0.39 is 0 Å². The number of hydrogen-bond acceptors (Lipinski definition) is 0. The van der Waals surface area contributed by atoms with Crippen LogP contribution in [0.4, 0.5) is 0 Å². The highest BCUT2D eigenvalue weighted by Gasteiger charge is 2.33. The highest BCUT2D eigenvalue weighted by Crippen LogP contribution is 2.57. The molecule has 0 aromatic heterocycles. The lowest BCUT2D eigenvalue weighted by molar-refractivity contribution is 0.569. The zero-order valence-electron chi connectivity index (χ0n) is 9.71. The van der Waals surface area contributed by atoms with Gasteiger partial charge in [0.15, 0.2) is 0 Å². The van der Waals surface area contributed by atoms with Crippen molar-refractivity contribution in [3.05, 3.63) is 0 Å². The first kappa shape index (κ1) is 11.3. The maximum Gasteiger partial charge on any atom is -0.0144 e. The Hall–Kier alpha value is 0.860. The first-order valence-corrected chi connectivity index (χ1v) is 10.3. The molecule has 2 aliphatic heterocycles. The summed E-state index contributed by atoms with van der Waals surface area (Å²) < 4.78 is 0. The van der Waals surface area contributed by atoms with Crippen LogP contribution in [0.1, 0.15) is 38.5 Å². The average molecular weight is 230 g/mol. The van der Waals surface area contributed by atoms with Crippen molar-refractivity contribution in [3.8, 4) is 0 Å². The van der Waals surface area contributed by atoms with E-state index in [0.717, 1.165) is 0 Å². The Morgan fingerprint density at radius 3 is 1.50 bits per heavy atom. The largest absolute Gasteiger partial charge is 0.106 e. The van der Waals surface area contributed by atoms with Crippen molar-refractivity contribution < 1.29 is 0 Å². The second-order valence-corrected chi connectivity index (χ2v) is 10.3. The van der Waals surface area contributed by atoms with Crippen LogP contribution in [0.5, 0.6) is 0 Å². The molecule has 0 aromatic rings. The van der Waals surface area contributed by atoms with E-state index in [1.54, 1.807) is 25.2 Å². The Kier molecular flexibility index (Phi) is 4.27. The highest BCUT2D eigenvalue weighted by atomic mass is 31.1. The van der Waals surface area contributed by atoms with Gasteiger partial charge in [-0.05, 0) is 62.7 Å². The topological polar surface area (TPSA) is 0 Å². The molecule has 2 heteroatoms. The van der Waals surface area contributed by atoms with Crippen LogP contribution < -0.4 is 0 Å². The zero-order chi connectivity index (χ0) is 9.97. The normalized spacial score (nSPS) is 45.0. The minimum atomic E-state index is 0.412. The van der Waals surface area contributed by atoms with Gasteiger partial charge >= 0.3 is 0 Å². The van der Waals surface area contributed by atoms with Crippen LogP contribution in [0, 0.1) is 0 Å². The maximum absolute atomic E-state index is 2.58. The fourth-order valence-electron chi connectivity index (χ4n) is 3.17. The van der Waals surface area contributed by atoms with E-state index >= 15 is 0 Å². The number of hydrogen-bond donors (Lipinski definition) is 0. The van der Waals surface area contributed by atoms with Crippen molar-refractivity contribution in [1.82, 2.24) is 0 Å². The molecule has 2 fully saturated rings. The number of rotatable bonds is 1. The van der Waals surface area contributed by atoms with Crippen molar-refractivity contribution in [2.75, 3.05) is 25.7 Å². The molecule has 0 amide bonds. The predicted molar refractivity (Wildman–Crippen MR) is 70.7 cm³/mol. The first-order chi connectivity index (χ1) is 6.79. The molecule has 82 valence electrons. The Morgan fingerprint density at radius 2 is 1.14 bits per heavy atom. The van der Waals surface area contributed by atoms with Gasteiger partial charge in [-0.2, -0.15) is 0 Å². The zero-order valence-corrected chi connectivity index (χ0v) is 11.5. The van der Waals surface area contributed by atoms with Gasteiger partial charge in [-0.15, -0.1) is 15.8 Å². The summed E-state index contributed by atoms with van der Waals surface area (Å²) in [7, 11) is 0.823. The van der Waals surface area contributed by atoms with Gasteiger partial charge in [0.25, 0.3) is 0 Å². The molecule has 0 spiro atoms. The van der Waals surface area contributed by atoms with Crippen molar-refractivity contribution in [2.24, 2.45) is 0 Å². The van der Waals surface area contributed by atoms with E-state index in [4.69, 9.17) is 0 Å². The third-order valence-electron chi connectivity index (χ3n) is 4.10. The molecule has 0 bridgehead atoms. The summed E-state index contributed by atoms with van der Waals surface area (Å²) in [4.78, 5) is 0. The summed E-state index contributed by atoms with van der Waals surface area (Å²) in [6.07, 6.45) is 12.5. The summed E-state index contributed by atoms with van der Waals surface area (Å²) >= 11 is 0. The van der Waals surface area contributed by atoms with Gasteiger partial charge in [0.05, 0.1) is 0 Å². The second kappa shape index (κ2) is 5.27. The quantitative estimate of drug-likeness (QED) is 0.589. The van der Waals surface area contributed by atoms with Gasteiger partial charge < -0.3 is 0 Å². The SMILES string of the molecule is C[P@@]1CCCC[C@@H]1[C@H]1CCCC[P@]1C. The Labute approximate surface area is 91.7 Å². The van der Waals surface area contributed by atoms with Crippen LogP contribution in [0.2, 0.25) is 0 Å². The summed E-state index contributed by atoms with van der Waals surface area (Å²) in [5, 5.41) is 0. The summed E-state index contributed by atoms with van der Waals surface area (Å²) in [5.74, 6) is 0. The molecule has 2 rings (SSSR count). The van der Waals surface area contributed by atoms with Gasteiger partial charge in [0.2, 0.25) is 0 Å². The van der Waals surface area contributed by atoms with Crippen LogP contribution >= 0.6 is 15.8 Å². The van der Waals surface area contributed by atoms with Gasteiger partial charge in [-0.3, -0.25) is 0 Å². The van der Waals surface area contributed by atoms with Gasteiger partial charge in [-0.1, -0.05) is 12.8 Å². The molecule has 4 atom stereocenters. The van der Waals surface area contributed by atoms with E-state index in [1.807, 2.05) is 0 Å². The molecule has 0 unspecified atom stereocenters. The third-order valence-corrected chi connectivity index (χ3v) is 9.88. The van der Waals surface area contributed by atoms with Crippen LogP contribution in [0.25, 0.3) is 0 Å². The summed E-state index contributed by atoms with van der Waals surface area (Å²) in [5.41, 5.74) is 2.35. The van der Waals surface area contributed by atoms with E-state index in [9.17, 15) is 0 Å². The van der Waals surface area contributed by atoms with E-state index in [2.05, 4.69) is 13.3 Å². The fraction of sp³-hybridized carbons (Fsp3) is 1.00. The predicted octanol–water partition coefficient (Wildman–Crippen LogP) is 4.31. The summed E-state index contributed by atoms with van der Waals surface area (Å²) in [6, 6.07) is 0. The Balaban J connectivity index is 1.96. The van der Waals surface area contributed by atoms with Gasteiger partial charge in [0, 0.05) is 0 Å². The molecule has 14 heavy (non-hydrogen) atoms. The van der Waals surface area contributed by atoms with Crippen LogP contribution in [0.3, 0.4) is 0 Å². The minimum absolute atomic E-state index is 0.412. The average Bonchev–Trinajstić information content (AvgIpc) is 2.20. The highest BCUT2D eigenvalue weighted by molar-refractivity contribution is 7.62. The lowest BCUT2D eigenvalue weighted by Gasteiger charge is -2.41. The van der Waals surface area contributed by atoms with Crippen molar-refractivity contribution in [2.45, 2.75) is 49.8 Å². The molecule has 2 heterocycles. The molecule has 2 saturated heterocycles. The smallest absolute Gasteiger partial charge is 0.0144 e. The second-order valence-electron chi connectivity index (χ2n) is 5.09. The lowest BCUT2D eigenvalue weighted by Crippen LogP contribution is -2.29. The molecule has 0 N–H and O–H groups in total. The molecule has 2 aliphatic rings. The fourth-order valence-corrected chi connectivity index (χ4v) is 9.37. The van der Waals surface area contributed by atoms with Crippen molar-refractivity contribution >= 4 is 15.8 Å². The molecule has 0 aromatic carbocycles. The molecular formula is C12H24P2. The van der Waals surface area contributed by atoms with Crippen molar-refractivity contribution in [3.63, 3.8) is 0 Å². The Bertz CT molecular complexity index is 161. The molecule has 0 radical (unpaired) electrons. The molecule has 0 nitrogen and oxygen atoms in total. The van der Waals surface area contributed by atoms with Crippen LogP contribution in [-0.2, 0) is 0 Å². The standard InChI is InChI=1S/C12H24P2/c1-13-9-5-3-7-11(13)12-8-4-6-10-14(12)2/h11-12H,3-10H2,1-2H3/t11-,12-,13+,14+/m1/s1. The summed E-state index contributed by atoms with van der Waals surface area (Å²) in [6.45, 7) is 5.16. The molecular weight excluding hydrogens is 206 g/mol. The minimum Gasteiger partial charge on any atom is -0.106 e. The van der Waals surface area contributed by atoms with E-state index in [0.29, 0.717) is 15.8 Å². The Morgan fingerprint density at radius 1 is 0.714 bits per heavy atom. The lowest BCUT2D eigenvalue weighted by atomic mass is 10.1. The van der Waals surface area contributed by atoms with E-state index in [1.165, 1.54) is 37.0 Å². The monoisotopic (exact) mass is 230 g/mol. The van der Waals surface area contributed by atoms with Crippen molar-refractivity contribution in [1.29, 1.82) is 0 Å². The van der Waals surface area contributed by atoms with Crippen LogP contribution in [0.15, 0.2) is 0 Å².